The zero-order valence-corrected chi connectivity index (χ0v) is 20.7. The van der Waals surface area contributed by atoms with Gasteiger partial charge in [0.25, 0.3) is 0 Å². The van der Waals surface area contributed by atoms with E-state index in [9.17, 15) is 27.6 Å². The van der Waals surface area contributed by atoms with Crippen LogP contribution in [-0.4, -0.2) is 46.5 Å². The van der Waals surface area contributed by atoms with Crippen LogP contribution in [0.3, 0.4) is 0 Å². The monoisotopic (exact) mass is 540 g/mol. The second-order valence-electron chi connectivity index (χ2n) is 7.16. The Bertz CT molecular complexity index is 1120. The average Bonchev–Trinajstić information content (AvgIpc) is 3.40. The number of hydrogen-bond acceptors (Lipinski definition) is 7. The lowest BCUT2D eigenvalue weighted by molar-refractivity contribution is -0.137. The van der Waals surface area contributed by atoms with Crippen LogP contribution in [0.1, 0.15) is 27.2 Å². The summed E-state index contributed by atoms with van der Waals surface area (Å²) in [4.78, 5) is 36.0. The molecule has 0 fully saturated rings. The molecule has 12 heteroatoms. The molecule has 36 heavy (non-hydrogen) atoms. The van der Waals surface area contributed by atoms with Gasteiger partial charge in [0, 0.05) is 18.8 Å². The molecule has 0 aliphatic heterocycles. The number of rotatable bonds is 10. The maximum Gasteiger partial charge on any atom is 0.416 e. The van der Waals surface area contributed by atoms with Gasteiger partial charge in [-0.15, -0.1) is 11.3 Å². The Morgan fingerprint density at radius 2 is 1.92 bits per heavy atom. The van der Waals surface area contributed by atoms with E-state index in [1.54, 1.807) is 30.3 Å². The fraction of sp³-hybridized carbons (Fsp3) is 0.250. The Balaban J connectivity index is 0.000000482. The smallest absolute Gasteiger partial charge is 0.416 e. The number of amides is 1. The van der Waals surface area contributed by atoms with Crippen LogP contribution < -0.4 is 10.1 Å². The number of thioether (sulfide) groups is 1. The molecule has 1 aromatic heterocycles. The number of aromatic nitrogens is 1. The topological polar surface area (TPSA) is 106 Å². The largest absolute Gasteiger partial charge is 0.493 e. The number of nitrogens with one attached hydrogen (secondary N) is 1. The number of benzene rings is 2. The van der Waals surface area contributed by atoms with E-state index in [2.05, 4.69) is 10.3 Å². The summed E-state index contributed by atoms with van der Waals surface area (Å²) in [5.74, 6) is -0.611. The second-order valence-corrected chi connectivity index (χ2v) is 8.91. The molecule has 2 aromatic carbocycles. The minimum absolute atomic E-state index is 0.120. The molecule has 1 atom stereocenters. The normalized spacial score (nSPS) is 11.6. The van der Waals surface area contributed by atoms with Crippen molar-refractivity contribution >= 4 is 40.6 Å². The molecular weight excluding hydrogens is 517 g/mol. The first-order valence-electron chi connectivity index (χ1n) is 10.4. The first kappa shape index (κ1) is 28.9. The molecule has 0 saturated carbocycles. The van der Waals surface area contributed by atoms with Gasteiger partial charge in [-0.2, -0.15) is 13.2 Å². The summed E-state index contributed by atoms with van der Waals surface area (Å²) in [5, 5.41) is 11.7. The van der Waals surface area contributed by atoms with Crippen molar-refractivity contribution in [3.05, 3.63) is 81.8 Å². The molecule has 0 aliphatic rings. The summed E-state index contributed by atoms with van der Waals surface area (Å²) in [6, 6.07) is 12.2. The van der Waals surface area contributed by atoms with Crippen molar-refractivity contribution < 1.29 is 37.4 Å². The van der Waals surface area contributed by atoms with Gasteiger partial charge in [-0.1, -0.05) is 42.1 Å². The summed E-state index contributed by atoms with van der Waals surface area (Å²) in [6.45, 7) is 0.239. The van der Waals surface area contributed by atoms with Gasteiger partial charge in [0.2, 0.25) is 5.91 Å². The van der Waals surface area contributed by atoms with E-state index < -0.39 is 23.0 Å². The van der Waals surface area contributed by atoms with E-state index in [1.807, 2.05) is 0 Å². The highest BCUT2D eigenvalue weighted by Crippen LogP contribution is 2.29. The summed E-state index contributed by atoms with van der Waals surface area (Å²) in [5.41, 5.74) is 3.00. The van der Waals surface area contributed by atoms with Gasteiger partial charge >= 0.3 is 12.1 Å². The summed E-state index contributed by atoms with van der Waals surface area (Å²) < 4.78 is 43.8. The van der Waals surface area contributed by atoms with Gasteiger partial charge in [0.05, 0.1) is 22.9 Å². The number of carboxylic acids is 1. The molecule has 0 radical (unpaired) electrons. The lowest BCUT2D eigenvalue weighted by Crippen LogP contribution is -2.31. The molecule has 0 bridgehead atoms. The van der Waals surface area contributed by atoms with Crippen LogP contribution in [0.25, 0.3) is 0 Å². The summed E-state index contributed by atoms with van der Waals surface area (Å²) in [7, 11) is 1.52. The van der Waals surface area contributed by atoms with Crippen molar-refractivity contribution in [2.75, 3.05) is 13.7 Å². The minimum Gasteiger partial charge on any atom is -0.493 e. The number of carbonyl (C=O) groups excluding carboxylic acids is 2. The molecule has 0 aliphatic carbocycles. The third-order valence-electron chi connectivity index (χ3n) is 4.67. The van der Waals surface area contributed by atoms with Gasteiger partial charge in [0.15, 0.2) is 11.3 Å². The minimum atomic E-state index is -4.36. The van der Waals surface area contributed by atoms with Gasteiger partial charge in [0.1, 0.15) is 5.75 Å². The predicted molar refractivity (Wildman–Crippen MR) is 132 cm³/mol. The number of thiazole rings is 1. The van der Waals surface area contributed by atoms with Crippen molar-refractivity contribution in [3.8, 4) is 5.75 Å². The van der Waals surface area contributed by atoms with E-state index in [0.29, 0.717) is 29.8 Å². The van der Waals surface area contributed by atoms with Crippen molar-refractivity contribution in [1.82, 2.24) is 10.3 Å². The Morgan fingerprint density at radius 1 is 1.19 bits per heavy atom. The molecule has 3 aromatic rings. The molecule has 0 saturated heterocycles. The Morgan fingerprint density at radius 3 is 2.44 bits per heavy atom. The lowest BCUT2D eigenvalue weighted by Gasteiger charge is -2.13. The molecule has 1 amide bonds. The number of halogens is 3. The fourth-order valence-corrected chi connectivity index (χ4v) is 4.06. The summed E-state index contributed by atoms with van der Waals surface area (Å²) in [6.07, 6.45) is -3.62. The Hall–Kier alpha value is -3.38. The highest BCUT2D eigenvalue weighted by atomic mass is 32.2. The highest BCUT2D eigenvalue weighted by Gasteiger charge is 2.30. The zero-order chi connectivity index (χ0) is 26.6. The molecular formula is C24H23F3N2O5S2. The highest BCUT2D eigenvalue weighted by molar-refractivity contribution is 8.13. The van der Waals surface area contributed by atoms with Crippen LogP contribution in [0, 0.1) is 0 Å². The number of alkyl halides is 3. The lowest BCUT2D eigenvalue weighted by atomic mass is 10.1. The number of ether oxygens (including phenoxy) is 1. The Labute approximate surface area is 213 Å². The van der Waals surface area contributed by atoms with Gasteiger partial charge in [-0.25, -0.2) is 9.78 Å². The SMILES string of the molecule is CNC(=O)C(Cc1ccc(OCCc2cccc(C(F)(F)F)c2)cc1)SC=O.O=C(O)c1cscn1. The molecule has 1 heterocycles. The number of carboxylic acid groups (broad SMARTS) is 1. The number of aromatic carboxylic acids is 1. The van der Waals surface area contributed by atoms with Crippen molar-refractivity contribution in [3.63, 3.8) is 0 Å². The molecule has 7 nitrogen and oxygen atoms in total. The van der Waals surface area contributed by atoms with Gasteiger partial charge in [-0.05, 0) is 35.7 Å². The molecule has 2 N–H and O–H groups in total. The number of carbonyl (C=O) groups is 3. The van der Waals surface area contributed by atoms with Crippen LogP contribution in [0.2, 0.25) is 0 Å². The average molecular weight is 541 g/mol. The van der Waals surface area contributed by atoms with E-state index in [-0.39, 0.29) is 18.2 Å². The molecule has 0 spiro atoms. The van der Waals surface area contributed by atoms with E-state index in [4.69, 9.17) is 9.84 Å². The molecule has 1 unspecified atom stereocenters. The van der Waals surface area contributed by atoms with E-state index in [1.165, 1.54) is 35.3 Å². The van der Waals surface area contributed by atoms with Crippen LogP contribution in [0.5, 0.6) is 5.75 Å². The van der Waals surface area contributed by atoms with Crippen LogP contribution in [0.15, 0.2) is 59.4 Å². The van der Waals surface area contributed by atoms with Crippen LogP contribution in [0.4, 0.5) is 13.2 Å². The quantitative estimate of drug-likeness (QED) is 0.358. The number of hydrogen-bond donors (Lipinski definition) is 2. The van der Waals surface area contributed by atoms with Crippen LogP contribution in [-0.2, 0) is 28.6 Å². The fourth-order valence-electron chi connectivity index (χ4n) is 2.87. The third-order valence-corrected chi connectivity index (χ3v) is 6.08. The first-order chi connectivity index (χ1) is 17.1. The zero-order valence-electron chi connectivity index (χ0n) is 19.0. The van der Waals surface area contributed by atoms with Crippen molar-refractivity contribution in [1.29, 1.82) is 0 Å². The van der Waals surface area contributed by atoms with E-state index >= 15 is 0 Å². The molecule has 3 rings (SSSR count). The van der Waals surface area contributed by atoms with Crippen molar-refractivity contribution in [2.24, 2.45) is 0 Å². The first-order valence-corrected chi connectivity index (χ1v) is 12.3. The maximum absolute atomic E-state index is 12.7. The predicted octanol–water partition coefficient (Wildman–Crippen LogP) is 4.75. The van der Waals surface area contributed by atoms with E-state index in [0.717, 1.165) is 29.5 Å². The van der Waals surface area contributed by atoms with Crippen LogP contribution >= 0.6 is 23.1 Å². The standard InChI is InChI=1S/C20H20F3NO3S.C4H3NO2S/c1-24-19(26)18(28-13-25)12-15-5-7-17(8-6-15)27-10-9-14-3-2-4-16(11-14)20(21,22)23;6-4(7)3-1-8-2-5-3/h2-8,11,13,18H,9-10,12H2,1H3,(H,24,26);1-2H,(H,6,7). The Kier molecular flexibility index (Phi) is 11.4. The van der Waals surface area contributed by atoms with Gasteiger partial charge < -0.3 is 15.2 Å². The summed E-state index contributed by atoms with van der Waals surface area (Å²) >= 11 is 2.19. The maximum atomic E-state index is 12.7. The van der Waals surface area contributed by atoms with Gasteiger partial charge in [-0.3, -0.25) is 9.59 Å². The third kappa shape index (κ3) is 9.70. The molecule has 192 valence electrons. The second kappa shape index (κ2) is 14.2. The van der Waals surface area contributed by atoms with Crippen molar-refractivity contribution in [2.45, 2.75) is 24.3 Å². The number of nitrogens with zero attached hydrogens (tertiary/aromatic N) is 1.